The number of rotatable bonds is 6. The van der Waals surface area contributed by atoms with E-state index in [1.54, 1.807) is 24.3 Å². The van der Waals surface area contributed by atoms with E-state index in [4.69, 9.17) is 0 Å². The topological polar surface area (TPSA) is 50.9 Å². The van der Waals surface area contributed by atoms with Crippen LogP contribution in [0.3, 0.4) is 0 Å². The normalized spacial score (nSPS) is 16.4. The van der Waals surface area contributed by atoms with Gasteiger partial charge in [0.05, 0.1) is 6.20 Å². The number of anilines is 2. The zero-order valence-corrected chi connectivity index (χ0v) is 15.9. The lowest BCUT2D eigenvalue weighted by Gasteiger charge is -2.31. The molecule has 1 aromatic heterocycles. The van der Waals surface area contributed by atoms with Crippen LogP contribution in [0.25, 0.3) is 0 Å². The molecule has 0 bridgehead atoms. The molecule has 1 aliphatic rings. The van der Waals surface area contributed by atoms with E-state index in [2.05, 4.69) is 21.3 Å². The summed E-state index contributed by atoms with van der Waals surface area (Å²) >= 11 is 0.496. The molecule has 0 aliphatic carbocycles. The minimum Gasteiger partial charge on any atom is -0.321 e. The first-order valence-electron chi connectivity index (χ1n) is 8.95. The third kappa shape index (κ3) is 5.40. The fourth-order valence-corrected chi connectivity index (χ4v) is 3.70. The number of H-pyrrole nitrogens is 1. The molecular formula is C19H24F2N4OS+2. The second kappa shape index (κ2) is 9.14. The molecule has 1 fully saturated rings. The molecule has 1 saturated heterocycles. The van der Waals surface area contributed by atoms with Crippen LogP contribution in [0.1, 0.15) is 6.92 Å². The number of aromatic amines is 1. The van der Waals surface area contributed by atoms with Crippen molar-refractivity contribution in [3.05, 3.63) is 48.7 Å². The number of aromatic nitrogens is 1. The van der Waals surface area contributed by atoms with E-state index >= 15 is 0 Å². The van der Waals surface area contributed by atoms with Crippen LogP contribution in [-0.4, -0.2) is 43.9 Å². The van der Waals surface area contributed by atoms with E-state index < -0.39 is 5.76 Å². The molecule has 0 saturated carbocycles. The van der Waals surface area contributed by atoms with E-state index in [0.29, 0.717) is 22.3 Å². The molecular weight excluding hydrogens is 370 g/mol. The monoisotopic (exact) mass is 394 g/mol. The lowest BCUT2D eigenvalue weighted by Crippen LogP contribution is -3.19. The Hall–Kier alpha value is -2.19. The predicted octanol–water partition coefficient (Wildman–Crippen LogP) is 1.55. The number of carbonyl (C=O) groups is 1. The second-order valence-corrected chi connectivity index (χ2v) is 7.57. The minimum absolute atomic E-state index is 0.0565. The van der Waals surface area contributed by atoms with Crippen LogP contribution in [0.2, 0.25) is 0 Å². The number of thioether (sulfide) groups is 1. The average molecular weight is 394 g/mol. The van der Waals surface area contributed by atoms with Crippen molar-refractivity contribution in [1.82, 2.24) is 0 Å². The van der Waals surface area contributed by atoms with Gasteiger partial charge in [-0.1, -0.05) is 17.8 Å². The molecule has 0 spiro atoms. The highest BCUT2D eigenvalue weighted by Gasteiger charge is 2.32. The number of hydrogen-bond donors (Lipinski definition) is 2. The van der Waals surface area contributed by atoms with E-state index in [-0.39, 0.29) is 11.9 Å². The van der Waals surface area contributed by atoms with Gasteiger partial charge in [0.25, 0.3) is 17.5 Å². The van der Waals surface area contributed by atoms with Gasteiger partial charge in [0.15, 0.2) is 6.04 Å². The highest BCUT2D eigenvalue weighted by Crippen LogP contribution is 2.26. The number of quaternary nitrogens is 1. The van der Waals surface area contributed by atoms with Crippen LogP contribution in [-0.2, 0) is 4.79 Å². The standard InChI is InChI=1S/C19H22F2N4OS/c1-14(18(26)23-15-5-7-16(8-6-15)27-19(20)21)24-10-12-25(13-11-24)17-4-2-3-9-22-17/h2-9,14,19H,10-13H2,1H3,(H,23,26)/p+2/t14-/m1/s1. The van der Waals surface area contributed by atoms with Crippen molar-refractivity contribution >= 4 is 29.2 Å². The van der Waals surface area contributed by atoms with E-state index in [1.165, 1.54) is 4.90 Å². The number of carbonyl (C=O) groups excluding carboxylic acids is 1. The highest BCUT2D eigenvalue weighted by molar-refractivity contribution is 7.99. The summed E-state index contributed by atoms with van der Waals surface area (Å²) < 4.78 is 24.7. The molecule has 27 heavy (non-hydrogen) atoms. The number of benzene rings is 1. The minimum atomic E-state index is -2.44. The quantitative estimate of drug-likeness (QED) is 0.731. The van der Waals surface area contributed by atoms with Gasteiger partial charge in [-0.25, -0.2) is 4.98 Å². The Kier molecular flexibility index (Phi) is 6.63. The zero-order valence-electron chi connectivity index (χ0n) is 15.1. The molecule has 1 aromatic carbocycles. The number of hydrogen-bond acceptors (Lipinski definition) is 3. The maximum absolute atomic E-state index is 12.5. The summed E-state index contributed by atoms with van der Waals surface area (Å²) in [6.45, 7) is 5.44. The summed E-state index contributed by atoms with van der Waals surface area (Å²) in [6.07, 6.45) is 1.91. The SMILES string of the molecule is C[C@H](C(=O)Nc1ccc(SC(F)F)cc1)[NH+]1CCN(c2cccc[nH+]2)CC1. The van der Waals surface area contributed by atoms with E-state index in [1.807, 2.05) is 25.3 Å². The maximum Gasteiger partial charge on any atom is 0.288 e. The van der Waals surface area contributed by atoms with Gasteiger partial charge in [0.1, 0.15) is 26.2 Å². The lowest BCUT2D eigenvalue weighted by atomic mass is 10.2. The number of alkyl halides is 2. The highest BCUT2D eigenvalue weighted by atomic mass is 32.2. The van der Waals surface area contributed by atoms with Gasteiger partial charge in [-0.2, -0.15) is 8.78 Å². The number of nitrogens with zero attached hydrogens (tertiary/aromatic N) is 1. The van der Waals surface area contributed by atoms with Crippen molar-refractivity contribution in [2.45, 2.75) is 23.6 Å². The zero-order chi connectivity index (χ0) is 19.2. The van der Waals surface area contributed by atoms with Crippen LogP contribution >= 0.6 is 11.8 Å². The molecule has 0 radical (unpaired) electrons. The van der Waals surface area contributed by atoms with E-state index in [0.717, 1.165) is 32.0 Å². The van der Waals surface area contributed by atoms with Crippen LogP contribution in [0.5, 0.6) is 0 Å². The van der Waals surface area contributed by atoms with Crippen molar-refractivity contribution in [1.29, 1.82) is 0 Å². The largest absolute Gasteiger partial charge is 0.321 e. The van der Waals surface area contributed by atoms with Crippen molar-refractivity contribution in [2.75, 3.05) is 36.4 Å². The summed E-state index contributed by atoms with van der Waals surface area (Å²) in [5, 5.41) is 2.89. The molecule has 8 heteroatoms. The molecule has 1 atom stereocenters. The lowest BCUT2D eigenvalue weighted by molar-refractivity contribution is -0.914. The number of nitrogens with one attached hydrogen (secondary N) is 3. The van der Waals surface area contributed by atoms with Gasteiger partial charge < -0.3 is 10.2 Å². The molecule has 5 nitrogen and oxygen atoms in total. The molecule has 144 valence electrons. The first-order chi connectivity index (χ1) is 13.0. The van der Waals surface area contributed by atoms with Crippen molar-refractivity contribution in [3.63, 3.8) is 0 Å². The fraction of sp³-hybridized carbons (Fsp3) is 0.368. The molecule has 1 aliphatic heterocycles. The van der Waals surface area contributed by atoms with Crippen molar-refractivity contribution in [2.24, 2.45) is 0 Å². The van der Waals surface area contributed by atoms with Gasteiger partial charge in [-0.05, 0) is 37.3 Å². The first-order valence-corrected chi connectivity index (χ1v) is 9.83. The number of amides is 1. The van der Waals surface area contributed by atoms with Gasteiger partial charge in [0.2, 0.25) is 0 Å². The van der Waals surface area contributed by atoms with Crippen molar-refractivity contribution in [3.8, 4) is 0 Å². The van der Waals surface area contributed by atoms with Crippen LogP contribution < -0.4 is 20.1 Å². The van der Waals surface area contributed by atoms with Crippen molar-refractivity contribution < 1.29 is 23.5 Å². The summed E-state index contributed by atoms with van der Waals surface area (Å²) in [7, 11) is 0. The Morgan fingerprint density at radius 3 is 2.48 bits per heavy atom. The van der Waals surface area contributed by atoms with Gasteiger partial charge in [-0.15, -0.1) is 0 Å². The maximum atomic E-state index is 12.5. The summed E-state index contributed by atoms with van der Waals surface area (Å²) in [4.78, 5) is 19.8. The Bertz CT molecular complexity index is 737. The van der Waals surface area contributed by atoms with E-state index in [9.17, 15) is 13.6 Å². The van der Waals surface area contributed by atoms with Crippen LogP contribution in [0.4, 0.5) is 20.3 Å². The molecule has 0 unspecified atom stereocenters. The predicted molar refractivity (Wildman–Crippen MR) is 102 cm³/mol. The summed E-state index contributed by atoms with van der Waals surface area (Å²) in [5.74, 6) is -1.41. The third-order valence-electron chi connectivity index (χ3n) is 4.79. The molecule has 1 amide bonds. The molecule has 2 heterocycles. The number of pyridine rings is 1. The Morgan fingerprint density at radius 1 is 1.19 bits per heavy atom. The summed E-state index contributed by atoms with van der Waals surface area (Å²) in [6, 6.07) is 12.3. The van der Waals surface area contributed by atoms with Crippen LogP contribution in [0.15, 0.2) is 53.6 Å². The Morgan fingerprint density at radius 2 is 1.89 bits per heavy atom. The molecule has 3 N–H and O–H groups in total. The smallest absolute Gasteiger partial charge is 0.288 e. The first kappa shape index (κ1) is 19.6. The molecule has 2 aromatic rings. The second-order valence-electron chi connectivity index (χ2n) is 6.51. The average Bonchev–Trinajstić information content (AvgIpc) is 2.69. The Labute approximate surface area is 161 Å². The fourth-order valence-electron chi connectivity index (χ4n) is 3.20. The third-order valence-corrected chi connectivity index (χ3v) is 5.51. The number of halogens is 2. The van der Waals surface area contributed by atoms with Gasteiger partial charge in [-0.3, -0.25) is 9.69 Å². The van der Waals surface area contributed by atoms with Crippen LogP contribution in [0, 0.1) is 0 Å². The Balaban J connectivity index is 1.50. The van der Waals surface area contributed by atoms with Gasteiger partial charge in [0, 0.05) is 16.6 Å². The van der Waals surface area contributed by atoms with Gasteiger partial charge >= 0.3 is 0 Å². The summed E-state index contributed by atoms with van der Waals surface area (Å²) in [5.41, 5.74) is 0.627. The molecule has 3 rings (SSSR count). The number of piperazine rings is 1.